The van der Waals surface area contributed by atoms with Crippen LogP contribution >= 0.6 is 0 Å². The molecule has 0 saturated carbocycles. The van der Waals surface area contributed by atoms with Crippen molar-refractivity contribution in [1.29, 1.82) is 0 Å². The van der Waals surface area contributed by atoms with Crippen LogP contribution in [0.2, 0.25) is 0 Å². The summed E-state index contributed by atoms with van der Waals surface area (Å²) in [5.41, 5.74) is 3.12. The van der Waals surface area contributed by atoms with E-state index < -0.39 is 5.97 Å². The molecule has 0 spiro atoms. The maximum Gasteiger partial charge on any atom is 0.338 e. The Morgan fingerprint density at radius 3 is 2.70 bits per heavy atom. The lowest BCUT2D eigenvalue weighted by molar-refractivity contribution is 0.0430. The molecular weight excluding hydrogens is 346 g/mol. The van der Waals surface area contributed by atoms with Crippen molar-refractivity contribution in [2.75, 3.05) is 0 Å². The molecule has 0 bridgehead atoms. The molecule has 0 aliphatic rings. The molecule has 0 aliphatic heterocycles. The highest BCUT2D eigenvalue weighted by Gasteiger charge is 2.13. The third kappa shape index (κ3) is 3.59. The van der Waals surface area contributed by atoms with Gasteiger partial charge in [0, 0.05) is 5.56 Å². The molecule has 0 atom stereocenters. The van der Waals surface area contributed by atoms with Crippen LogP contribution in [0.1, 0.15) is 21.8 Å². The fourth-order valence-corrected chi connectivity index (χ4v) is 2.55. The summed E-state index contributed by atoms with van der Waals surface area (Å²) in [6.45, 7) is 1.87. The van der Waals surface area contributed by atoms with Crippen molar-refractivity contribution in [3.63, 3.8) is 0 Å². The molecule has 27 heavy (non-hydrogen) atoms. The molecule has 0 amide bonds. The number of carbonyl (C=O) groups is 1. The van der Waals surface area contributed by atoms with Crippen LogP contribution in [-0.4, -0.2) is 30.9 Å². The van der Waals surface area contributed by atoms with Gasteiger partial charge in [0.25, 0.3) is 5.89 Å². The normalized spacial score (nSPS) is 10.7. The molecule has 2 heterocycles. The number of hydrogen-bond acceptors (Lipinski definition) is 7. The van der Waals surface area contributed by atoms with Crippen LogP contribution in [0.4, 0.5) is 0 Å². The van der Waals surface area contributed by atoms with Crippen LogP contribution < -0.4 is 0 Å². The second-order valence-electron chi connectivity index (χ2n) is 5.79. The van der Waals surface area contributed by atoms with Crippen LogP contribution in [0.5, 0.6) is 0 Å². The molecule has 4 rings (SSSR count). The molecule has 134 valence electrons. The lowest BCUT2D eigenvalue weighted by Gasteiger charge is -2.04. The van der Waals surface area contributed by atoms with Crippen LogP contribution in [-0.2, 0) is 11.3 Å². The van der Waals surface area contributed by atoms with Crippen molar-refractivity contribution in [1.82, 2.24) is 24.9 Å². The number of aryl methyl sites for hydroxylation is 1. The minimum atomic E-state index is -0.476. The molecule has 0 radical (unpaired) electrons. The van der Waals surface area contributed by atoms with Crippen molar-refractivity contribution in [2.45, 2.75) is 13.5 Å². The lowest BCUT2D eigenvalue weighted by atomic mass is 10.1. The van der Waals surface area contributed by atoms with Crippen molar-refractivity contribution >= 4 is 5.97 Å². The second-order valence-corrected chi connectivity index (χ2v) is 5.79. The zero-order valence-corrected chi connectivity index (χ0v) is 14.4. The van der Waals surface area contributed by atoms with Crippen LogP contribution in [0.25, 0.3) is 17.1 Å². The van der Waals surface area contributed by atoms with Gasteiger partial charge in [-0.25, -0.2) is 14.5 Å². The number of carbonyl (C=O) groups excluding carboxylic acids is 1. The largest absolute Gasteiger partial charge is 0.452 e. The maximum absolute atomic E-state index is 12.2. The van der Waals surface area contributed by atoms with Gasteiger partial charge >= 0.3 is 5.97 Å². The van der Waals surface area contributed by atoms with E-state index in [0.29, 0.717) is 11.4 Å². The number of hydrogen-bond donors (Lipinski definition) is 0. The highest BCUT2D eigenvalue weighted by molar-refractivity contribution is 5.89. The molecule has 2 aromatic heterocycles. The zero-order valence-electron chi connectivity index (χ0n) is 14.4. The Bertz CT molecular complexity index is 1060. The van der Waals surface area contributed by atoms with Crippen LogP contribution in [0.15, 0.2) is 65.7 Å². The fourth-order valence-electron chi connectivity index (χ4n) is 2.55. The first-order chi connectivity index (χ1) is 13.2. The molecule has 2 aromatic carbocycles. The highest BCUT2D eigenvalue weighted by atomic mass is 16.6. The standard InChI is InChI=1S/C19H15N5O3/c1-13-4-2-3-5-16(13)18-22-17(27-23-18)10-26-19(25)14-6-8-15(9-7-14)24-12-20-11-21-24/h2-9,11-12H,10H2,1H3. The van der Waals surface area contributed by atoms with E-state index in [9.17, 15) is 4.79 Å². The third-order valence-corrected chi connectivity index (χ3v) is 3.97. The molecule has 0 N–H and O–H groups in total. The summed E-state index contributed by atoms with van der Waals surface area (Å²) in [5.74, 6) is 0.230. The minimum absolute atomic E-state index is 0.0947. The van der Waals surface area contributed by atoms with E-state index in [1.54, 1.807) is 35.3 Å². The predicted molar refractivity (Wildman–Crippen MR) is 94.9 cm³/mol. The first-order valence-corrected chi connectivity index (χ1v) is 8.21. The zero-order chi connectivity index (χ0) is 18.6. The Morgan fingerprint density at radius 2 is 1.96 bits per heavy atom. The Labute approximate surface area is 154 Å². The third-order valence-electron chi connectivity index (χ3n) is 3.97. The summed E-state index contributed by atoms with van der Waals surface area (Å²) in [4.78, 5) is 20.4. The molecule has 8 heteroatoms. The highest BCUT2D eigenvalue weighted by Crippen LogP contribution is 2.20. The van der Waals surface area contributed by atoms with E-state index >= 15 is 0 Å². The smallest absolute Gasteiger partial charge is 0.338 e. The van der Waals surface area contributed by atoms with Gasteiger partial charge in [0.1, 0.15) is 12.7 Å². The van der Waals surface area contributed by atoms with Gasteiger partial charge in [0.2, 0.25) is 5.82 Å². The van der Waals surface area contributed by atoms with Gasteiger partial charge in [0.05, 0.1) is 11.3 Å². The molecule has 8 nitrogen and oxygen atoms in total. The number of benzene rings is 2. The van der Waals surface area contributed by atoms with Gasteiger partial charge in [-0.1, -0.05) is 29.4 Å². The quantitative estimate of drug-likeness (QED) is 0.504. The fraction of sp³-hybridized carbons (Fsp3) is 0.105. The van der Waals surface area contributed by atoms with E-state index in [1.165, 1.54) is 6.33 Å². The maximum atomic E-state index is 12.2. The first-order valence-electron chi connectivity index (χ1n) is 8.21. The summed E-state index contributed by atoms with van der Waals surface area (Å²) < 4.78 is 12.0. The van der Waals surface area contributed by atoms with Crippen molar-refractivity contribution in [2.24, 2.45) is 0 Å². The molecule has 0 fully saturated rings. The minimum Gasteiger partial charge on any atom is -0.452 e. The predicted octanol–water partition coefficient (Wildman–Crippen LogP) is 2.98. The van der Waals surface area contributed by atoms with Crippen molar-refractivity contribution in [3.05, 3.63) is 78.2 Å². The van der Waals surface area contributed by atoms with Gasteiger partial charge in [-0.2, -0.15) is 10.1 Å². The number of nitrogens with zero attached hydrogens (tertiary/aromatic N) is 5. The topological polar surface area (TPSA) is 95.9 Å². The average molecular weight is 361 g/mol. The number of rotatable bonds is 5. The van der Waals surface area contributed by atoms with E-state index in [1.807, 2.05) is 31.2 Å². The summed E-state index contributed by atoms with van der Waals surface area (Å²) in [6, 6.07) is 14.6. The molecule has 0 saturated heterocycles. The van der Waals surface area contributed by atoms with Crippen molar-refractivity contribution in [3.8, 4) is 17.1 Å². The summed E-state index contributed by atoms with van der Waals surface area (Å²) in [6.07, 6.45) is 3.02. The van der Waals surface area contributed by atoms with Gasteiger partial charge < -0.3 is 9.26 Å². The Morgan fingerprint density at radius 1 is 1.15 bits per heavy atom. The van der Waals surface area contributed by atoms with Gasteiger partial charge in [-0.3, -0.25) is 0 Å². The number of esters is 1. The van der Waals surface area contributed by atoms with Gasteiger partial charge in [-0.15, -0.1) is 0 Å². The average Bonchev–Trinajstić information content (AvgIpc) is 3.39. The molecule has 0 unspecified atom stereocenters. The summed E-state index contributed by atoms with van der Waals surface area (Å²) >= 11 is 0. The summed E-state index contributed by atoms with van der Waals surface area (Å²) in [5, 5.41) is 7.98. The molecule has 0 aliphatic carbocycles. The van der Waals surface area contributed by atoms with Crippen LogP contribution in [0.3, 0.4) is 0 Å². The number of ether oxygens (including phenoxy) is 1. The second kappa shape index (κ2) is 7.20. The first kappa shape index (κ1) is 16.6. The Hall–Kier alpha value is -3.81. The lowest BCUT2D eigenvalue weighted by Crippen LogP contribution is -2.06. The van der Waals surface area contributed by atoms with E-state index in [2.05, 4.69) is 20.2 Å². The van der Waals surface area contributed by atoms with Crippen molar-refractivity contribution < 1.29 is 14.1 Å². The molecular formula is C19H15N5O3. The Kier molecular flexibility index (Phi) is 4.44. The van der Waals surface area contributed by atoms with Gasteiger partial charge in [0.15, 0.2) is 6.61 Å². The van der Waals surface area contributed by atoms with Crippen LogP contribution in [0, 0.1) is 6.92 Å². The number of aromatic nitrogens is 5. The van der Waals surface area contributed by atoms with E-state index in [-0.39, 0.29) is 12.5 Å². The van der Waals surface area contributed by atoms with Gasteiger partial charge in [-0.05, 0) is 36.8 Å². The monoisotopic (exact) mass is 361 g/mol. The summed E-state index contributed by atoms with van der Waals surface area (Å²) in [7, 11) is 0. The SMILES string of the molecule is Cc1ccccc1-c1noc(COC(=O)c2ccc(-n3cncn3)cc2)n1. The van der Waals surface area contributed by atoms with E-state index in [4.69, 9.17) is 9.26 Å². The van der Waals surface area contributed by atoms with E-state index in [0.717, 1.165) is 16.8 Å². The Balaban J connectivity index is 1.40. The molecule has 4 aromatic rings.